The van der Waals surface area contributed by atoms with Crippen LogP contribution in [0.3, 0.4) is 0 Å². The van der Waals surface area contributed by atoms with E-state index in [1.165, 1.54) is 6.42 Å². The summed E-state index contributed by atoms with van der Waals surface area (Å²) in [5.74, 6) is 1.49. The first-order valence-corrected chi connectivity index (χ1v) is 13.2. The number of carbonyl (C=O) groups is 4. The van der Waals surface area contributed by atoms with Gasteiger partial charge in [-0.3, -0.25) is 19.7 Å². The molecule has 0 radical (unpaired) electrons. The van der Waals surface area contributed by atoms with Gasteiger partial charge in [0.1, 0.15) is 5.54 Å². The number of urea groups is 1. The number of piperazine rings is 1. The second kappa shape index (κ2) is 8.81. The Kier molecular flexibility index (Phi) is 6.11. The fraction of sp³-hybridized carbons (Fsp3) is 0.840. The summed E-state index contributed by atoms with van der Waals surface area (Å²) in [5, 5.41) is 5.28. The minimum absolute atomic E-state index is 0.0504. The van der Waals surface area contributed by atoms with Gasteiger partial charge in [-0.25, -0.2) is 4.79 Å². The third-order valence-corrected chi connectivity index (χ3v) is 9.48. The average molecular weight is 474 g/mol. The number of imide groups is 1. The van der Waals surface area contributed by atoms with Crippen LogP contribution in [0, 0.1) is 23.7 Å². The molecule has 188 valence electrons. The highest BCUT2D eigenvalue weighted by molar-refractivity contribution is 6.07. The number of amides is 5. The quantitative estimate of drug-likeness (QED) is 0.532. The first-order valence-electron chi connectivity index (χ1n) is 13.2. The Hall–Kier alpha value is -2.16. The van der Waals surface area contributed by atoms with E-state index in [4.69, 9.17) is 5.73 Å². The maximum absolute atomic E-state index is 13.2. The first-order chi connectivity index (χ1) is 16.2. The summed E-state index contributed by atoms with van der Waals surface area (Å²) < 4.78 is 0. The van der Waals surface area contributed by atoms with E-state index < -0.39 is 11.1 Å². The van der Waals surface area contributed by atoms with Gasteiger partial charge in [0.25, 0.3) is 5.91 Å². The Labute approximate surface area is 201 Å². The fourth-order valence-electron chi connectivity index (χ4n) is 6.91. The molecule has 0 bridgehead atoms. The number of nitrogens with zero attached hydrogens (tertiary/aromatic N) is 2. The highest BCUT2D eigenvalue weighted by Crippen LogP contribution is 2.45. The number of nitrogens with two attached hydrogens (primary N) is 1. The zero-order valence-electron chi connectivity index (χ0n) is 20.3. The van der Waals surface area contributed by atoms with Crippen LogP contribution in [0.1, 0.15) is 71.1 Å². The Morgan fingerprint density at radius 3 is 2.15 bits per heavy atom. The monoisotopic (exact) mass is 473 g/mol. The lowest BCUT2D eigenvalue weighted by Crippen LogP contribution is -2.56. The second-order valence-corrected chi connectivity index (χ2v) is 11.6. The summed E-state index contributed by atoms with van der Waals surface area (Å²) in [7, 11) is 0. The predicted octanol–water partition coefficient (Wildman–Crippen LogP) is 1.36. The maximum Gasteiger partial charge on any atom is 0.322 e. The van der Waals surface area contributed by atoms with Gasteiger partial charge in [-0.15, -0.1) is 0 Å². The molecule has 3 unspecified atom stereocenters. The van der Waals surface area contributed by atoms with Crippen LogP contribution in [-0.2, 0) is 14.4 Å². The van der Waals surface area contributed by atoms with Crippen LogP contribution in [-0.4, -0.2) is 70.8 Å². The van der Waals surface area contributed by atoms with Crippen molar-refractivity contribution in [2.45, 2.75) is 82.2 Å². The summed E-state index contributed by atoms with van der Waals surface area (Å²) in [6, 6.07) is -0.381. The van der Waals surface area contributed by atoms with Gasteiger partial charge in [-0.05, 0) is 76.0 Å². The van der Waals surface area contributed by atoms with E-state index >= 15 is 0 Å². The molecule has 5 fully saturated rings. The van der Waals surface area contributed by atoms with Gasteiger partial charge in [0.05, 0.1) is 5.54 Å². The molecule has 2 aliphatic heterocycles. The first kappa shape index (κ1) is 23.6. The normalized spacial score (nSPS) is 37.7. The van der Waals surface area contributed by atoms with E-state index in [0.29, 0.717) is 38.0 Å². The molecule has 9 nitrogen and oxygen atoms in total. The molecule has 3 atom stereocenters. The Morgan fingerprint density at radius 2 is 1.56 bits per heavy atom. The van der Waals surface area contributed by atoms with E-state index in [2.05, 4.69) is 10.6 Å². The van der Waals surface area contributed by atoms with Crippen LogP contribution < -0.4 is 16.4 Å². The lowest BCUT2D eigenvalue weighted by Gasteiger charge is -2.43. The molecule has 34 heavy (non-hydrogen) atoms. The zero-order chi connectivity index (χ0) is 24.1. The molecule has 2 heterocycles. The molecule has 3 saturated carbocycles. The Balaban J connectivity index is 1.10. The summed E-state index contributed by atoms with van der Waals surface area (Å²) in [5.41, 5.74) is 4.63. The van der Waals surface area contributed by atoms with Crippen molar-refractivity contribution in [3.63, 3.8) is 0 Å². The molecular weight excluding hydrogens is 434 g/mol. The second-order valence-electron chi connectivity index (χ2n) is 11.6. The predicted molar refractivity (Wildman–Crippen MR) is 125 cm³/mol. The van der Waals surface area contributed by atoms with Crippen molar-refractivity contribution in [1.29, 1.82) is 0 Å². The van der Waals surface area contributed by atoms with Crippen LogP contribution >= 0.6 is 0 Å². The van der Waals surface area contributed by atoms with E-state index in [1.807, 2.05) is 16.7 Å². The molecule has 5 rings (SSSR count). The lowest BCUT2D eigenvalue weighted by molar-refractivity contribution is -0.144. The van der Waals surface area contributed by atoms with Crippen LogP contribution in [0.2, 0.25) is 0 Å². The molecule has 3 aliphatic carbocycles. The summed E-state index contributed by atoms with van der Waals surface area (Å²) in [6.45, 7) is 4.26. The Morgan fingerprint density at radius 1 is 0.912 bits per heavy atom. The third kappa shape index (κ3) is 4.32. The largest absolute Gasteiger partial charge is 0.339 e. The summed E-state index contributed by atoms with van der Waals surface area (Å²) in [4.78, 5) is 53.5. The van der Waals surface area contributed by atoms with Gasteiger partial charge >= 0.3 is 6.03 Å². The molecule has 0 aromatic rings. The standard InChI is InChI=1S/C25H39N5O4/c1-24(21(32)27-23(34)28-24)19-4-2-3-18(15-19)16-5-7-17(8-6-16)20(31)29-11-13-30(14-12-29)22(33)25(26)9-10-25/h16-19H,2-15,26H2,1H3,(H2,27,28,32,34). The Bertz CT molecular complexity index is 857. The van der Waals surface area contributed by atoms with E-state index in [-0.39, 0.29) is 35.6 Å². The summed E-state index contributed by atoms with van der Waals surface area (Å²) >= 11 is 0. The summed E-state index contributed by atoms with van der Waals surface area (Å²) in [6.07, 6.45) is 9.68. The zero-order valence-corrected chi connectivity index (χ0v) is 20.3. The number of nitrogens with one attached hydrogen (secondary N) is 2. The van der Waals surface area contributed by atoms with Crippen molar-refractivity contribution >= 4 is 23.8 Å². The van der Waals surface area contributed by atoms with Crippen molar-refractivity contribution in [2.24, 2.45) is 29.4 Å². The van der Waals surface area contributed by atoms with Crippen LogP contribution in [0.25, 0.3) is 0 Å². The van der Waals surface area contributed by atoms with Crippen molar-refractivity contribution < 1.29 is 19.2 Å². The number of carbonyl (C=O) groups excluding carboxylic acids is 4. The average Bonchev–Trinajstić information content (AvgIpc) is 3.55. The van der Waals surface area contributed by atoms with E-state index in [0.717, 1.165) is 57.8 Å². The molecule has 0 aromatic heterocycles. The van der Waals surface area contributed by atoms with Crippen molar-refractivity contribution in [3.05, 3.63) is 0 Å². The molecule has 5 amide bonds. The molecule has 9 heteroatoms. The number of hydrogen-bond acceptors (Lipinski definition) is 5. The molecule has 0 aromatic carbocycles. The molecule has 2 saturated heterocycles. The minimum Gasteiger partial charge on any atom is -0.339 e. The van der Waals surface area contributed by atoms with Crippen molar-refractivity contribution in [1.82, 2.24) is 20.4 Å². The number of rotatable bonds is 4. The highest BCUT2D eigenvalue weighted by Gasteiger charge is 2.50. The lowest BCUT2D eigenvalue weighted by atomic mass is 9.65. The van der Waals surface area contributed by atoms with Gasteiger partial charge in [-0.2, -0.15) is 0 Å². The van der Waals surface area contributed by atoms with Crippen LogP contribution in [0.4, 0.5) is 4.79 Å². The van der Waals surface area contributed by atoms with Crippen LogP contribution in [0.5, 0.6) is 0 Å². The third-order valence-electron chi connectivity index (χ3n) is 9.48. The molecule has 4 N–H and O–H groups in total. The van der Waals surface area contributed by atoms with E-state index in [1.54, 1.807) is 0 Å². The van der Waals surface area contributed by atoms with Crippen LogP contribution in [0.15, 0.2) is 0 Å². The number of hydrogen-bond donors (Lipinski definition) is 3. The topological polar surface area (TPSA) is 125 Å². The maximum atomic E-state index is 13.2. The van der Waals surface area contributed by atoms with Gasteiger partial charge in [0.2, 0.25) is 11.8 Å². The van der Waals surface area contributed by atoms with Gasteiger partial charge in [-0.1, -0.05) is 12.8 Å². The van der Waals surface area contributed by atoms with E-state index in [9.17, 15) is 19.2 Å². The van der Waals surface area contributed by atoms with Gasteiger partial charge in [0, 0.05) is 32.1 Å². The molecular formula is C25H39N5O4. The van der Waals surface area contributed by atoms with Gasteiger partial charge in [0.15, 0.2) is 0 Å². The molecule has 0 spiro atoms. The highest BCUT2D eigenvalue weighted by atomic mass is 16.2. The van der Waals surface area contributed by atoms with Gasteiger partial charge < -0.3 is 20.9 Å². The molecule has 5 aliphatic rings. The minimum atomic E-state index is -0.796. The van der Waals surface area contributed by atoms with Crippen molar-refractivity contribution in [2.75, 3.05) is 26.2 Å². The van der Waals surface area contributed by atoms with Crippen molar-refractivity contribution in [3.8, 4) is 0 Å². The fourth-order valence-corrected chi connectivity index (χ4v) is 6.91. The smallest absolute Gasteiger partial charge is 0.322 e. The SMILES string of the molecule is CC1(C2CCCC(C3CCC(C(=O)N4CCN(C(=O)C5(N)CC5)CC4)CC3)C2)NC(=O)NC1=O.